The highest BCUT2D eigenvalue weighted by Crippen LogP contribution is 2.39. The van der Waals surface area contributed by atoms with Crippen molar-refractivity contribution in [1.82, 2.24) is 0 Å². The normalized spacial score (nSPS) is 27.0. The summed E-state index contributed by atoms with van der Waals surface area (Å²) in [5, 5.41) is 0. The SMILES string of the molecule is COc1ccc([C@@H]2C[C@H]2N)cc1.N[C@@H]1C[C@H]1c1ccc(F)c(F)c1. The average molecular weight is 332 g/mol. The smallest absolute Gasteiger partial charge is 0.159 e. The minimum absolute atomic E-state index is 0.134. The van der Waals surface area contributed by atoms with Crippen LogP contribution in [0.2, 0.25) is 0 Å². The van der Waals surface area contributed by atoms with Crippen molar-refractivity contribution in [3.63, 3.8) is 0 Å². The molecule has 0 heterocycles. The van der Waals surface area contributed by atoms with E-state index in [1.165, 1.54) is 11.6 Å². The first kappa shape index (κ1) is 16.9. The summed E-state index contributed by atoms with van der Waals surface area (Å²) in [6, 6.07) is 12.7. The Balaban J connectivity index is 0.000000141. The summed E-state index contributed by atoms with van der Waals surface area (Å²) in [6.07, 6.45) is 2.01. The van der Waals surface area contributed by atoms with Crippen LogP contribution in [0.5, 0.6) is 5.75 Å². The number of hydrogen-bond acceptors (Lipinski definition) is 3. The molecule has 0 aliphatic heterocycles. The molecule has 5 heteroatoms. The zero-order chi connectivity index (χ0) is 17.3. The molecule has 2 aromatic rings. The van der Waals surface area contributed by atoms with Crippen molar-refractivity contribution in [1.29, 1.82) is 0 Å². The quantitative estimate of drug-likeness (QED) is 0.907. The number of halogens is 2. The number of ether oxygens (including phenoxy) is 1. The third-order valence-electron chi connectivity index (χ3n) is 4.60. The first-order valence-electron chi connectivity index (χ1n) is 8.09. The van der Waals surface area contributed by atoms with E-state index in [0.717, 1.165) is 30.2 Å². The van der Waals surface area contributed by atoms with Gasteiger partial charge >= 0.3 is 0 Å². The molecule has 2 aromatic carbocycles. The van der Waals surface area contributed by atoms with Crippen LogP contribution in [-0.4, -0.2) is 19.2 Å². The molecule has 4 N–H and O–H groups in total. The van der Waals surface area contributed by atoms with Crippen LogP contribution in [0.25, 0.3) is 0 Å². The van der Waals surface area contributed by atoms with Crippen LogP contribution in [0.15, 0.2) is 42.5 Å². The Morgan fingerprint density at radius 2 is 1.33 bits per heavy atom. The summed E-state index contributed by atoms with van der Waals surface area (Å²) in [5.41, 5.74) is 13.5. The monoisotopic (exact) mass is 332 g/mol. The molecule has 24 heavy (non-hydrogen) atoms. The van der Waals surface area contributed by atoms with E-state index in [9.17, 15) is 8.78 Å². The highest BCUT2D eigenvalue weighted by Gasteiger charge is 2.35. The van der Waals surface area contributed by atoms with Crippen LogP contribution in [0.1, 0.15) is 35.8 Å². The van der Waals surface area contributed by atoms with Crippen molar-refractivity contribution in [2.75, 3.05) is 7.11 Å². The first-order valence-corrected chi connectivity index (χ1v) is 8.09. The Bertz CT molecular complexity index is 705. The molecule has 4 atom stereocenters. The lowest BCUT2D eigenvalue weighted by molar-refractivity contribution is 0.414. The second-order valence-corrected chi connectivity index (χ2v) is 6.46. The van der Waals surface area contributed by atoms with Gasteiger partial charge in [-0.1, -0.05) is 18.2 Å². The zero-order valence-electron chi connectivity index (χ0n) is 13.6. The van der Waals surface area contributed by atoms with Crippen molar-refractivity contribution in [2.24, 2.45) is 11.5 Å². The number of rotatable bonds is 3. The van der Waals surface area contributed by atoms with Gasteiger partial charge in [-0.25, -0.2) is 8.78 Å². The van der Waals surface area contributed by atoms with Crippen LogP contribution >= 0.6 is 0 Å². The highest BCUT2D eigenvalue weighted by molar-refractivity contribution is 5.33. The van der Waals surface area contributed by atoms with E-state index in [2.05, 4.69) is 12.1 Å². The maximum atomic E-state index is 12.7. The third-order valence-corrected chi connectivity index (χ3v) is 4.60. The fourth-order valence-corrected chi connectivity index (χ4v) is 2.79. The van der Waals surface area contributed by atoms with Crippen LogP contribution in [0.3, 0.4) is 0 Å². The lowest BCUT2D eigenvalue weighted by atomic mass is 10.1. The maximum Gasteiger partial charge on any atom is 0.159 e. The molecule has 0 amide bonds. The van der Waals surface area contributed by atoms with E-state index in [-0.39, 0.29) is 12.0 Å². The first-order chi connectivity index (χ1) is 11.5. The molecule has 2 aliphatic carbocycles. The Morgan fingerprint density at radius 1 is 0.833 bits per heavy atom. The standard InChI is InChI=1S/C10H13NO.C9H9F2N/c1-12-8-4-2-7(3-5-8)9-6-10(9)11;10-7-2-1-5(3-8(7)11)6-4-9(6)12/h2-5,9-10H,6,11H2,1H3;1-3,6,9H,4,12H2/t9-,10+;6-,9+/m00/s1. The summed E-state index contributed by atoms with van der Waals surface area (Å²) in [5.74, 6) is 0.156. The van der Waals surface area contributed by atoms with Gasteiger partial charge in [0, 0.05) is 23.9 Å². The largest absolute Gasteiger partial charge is 0.497 e. The number of methoxy groups -OCH3 is 1. The van der Waals surface area contributed by atoms with Gasteiger partial charge in [0.1, 0.15) is 5.75 Å². The second kappa shape index (κ2) is 6.87. The lowest BCUT2D eigenvalue weighted by Gasteiger charge is -2.01. The molecule has 2 saturated carbocycles. The van der Waals surface area contributed by atoms with Crippen molar-refractivity contribution < 1.29 is 13.5 Å². The van der Waals surface area contributed by atoms with Crippen LogP contribution in [0, 0.1) is 11.6 Å². The molecule has 0 radical (unpaired) electrons. The van der Waals surface area contributed by atoms with Crippen molar-refractivity contribution >= 4 is 0 Å². The van der Waals surface area contributed by atoms with E-state index in [1.807, 2.05) is 12.1 Å². The van der Waals surface area contributed by atoms with Gasteiger partial charge in [-0.3, -0.25) is 0 Å². The van der Waals surface area contributed by atoms with E-state index in [1.54, 1.807) is 13.2 Å². The highest BCUT2D eigenvalue weighted by atomic mass is 19.2. The fourth-order valence-electron chi connectivity index (χ4n) is 2.79. The molecule has 3 nitrogen and oxygen atoms in total. The lowest BCUT2D eigenvalue weighted by Crippen LogP contribution is -2.01. The average Bonchev–Trinajstić information content (AvgIpc) is 3.49. The van der Waals surface area contributed by atoms with Gasteiger partial charge < -0.3 is 16.2 Å². The van der Waals surface area contributed by atoms with Gasteiger partial charge in [-0.2, -0.15) is 0 Å². The van der Waals surface area contributed by atoms with Gasteiger partial charge in [0.15, 0.2) is 11.6 Å². The molecule has 2 fully saturated rings. The molecule has 0 bridgehead atoms. The third kappa shape index (κ3) is 3.91. The second-order valence-electron chi connectivity index (χ2n) is 6.46. The Kier molecular flexibility index (Phi) is 4.83. The molecular weight excluding hydrogens is 310 g/mol. The molecule has 0 aromatic heterocycles. The minimum atomic E-state index is -0.798. The summed E-state index contributed by atoms with van der Waals surface area (Å²) in [6.45, 7) is 0. The van der Waals surface area contributed by atoms with Crippen LogP contribution < -0.4 is 16.2 Å². The summed E-state index contributed by atoms with van der Waals surface area (Å²) in [4.78, 5) is 0. The zero-order valence-corrected chi connectivity index (χ0v) is 13.6. The predicted octanol–water partition coefficient (Wildman–Crippen LogP) is 3.29. The number of benzene rings is 2. The van der Waals surface area contributed by atoms with Gasteiger partial charge in [0.25, 0.3) is 0 Å². The van der Waals surface area contributed by atoms with Gasteiger partial charge in [0.05, 0.1) is 7.11 Å². The summed E-state index contributed by atoms with van der Waals surface area (Å²) >= 11 is 0. The Hall–Kier alpha value is -1.98. The molecule has 128 valence electrons. The molecule has 2 aliphatic rings. The molecule has 4 rings (SSSR count). The van der Waals surface area contributed by atoms with Gasteiger partial charge in [-0.15, -0.1) is 0 Å². The van der Waals surface area contributed by atoms with E-state index < -0.39 is 11.6 Å². The topological polar surface area (TPSA) is 61.3 Å². The van der Waals surface area contributed by atoms with Gasteiger partial charge in [-0.05, 0) is 48.2 Å². The van der Waals surface area contributed by atoms with Crippen molar-refractivity contribution in [3.05, 3.63) is 65.2 Å². The van der Waals surface area contributed by atoms with Gasteiger partial charge in [0.2, 0.25) is 0 Å². The van der Waals surface area contributed by atoms with Crippen molar-refractivity contribution in [3.8, 4) is 5.75 Å². The van der Waals surface area contributed by atoms with E-state index in [4.69, 9.17) is 16.2 Å². The number of hydrogen-bond donors (Lipinski definition) is 2. The fraction of sp³-hybridized carbons (Fsp3) is 0.368. The van der Waals surface area contributed by atoms with Crippen LogP contribution in [0.4, 0.5) is 8.78 Å². The predicted molar refractivity (Wildman–Crippen MR) is 90.0 cm³/mol. The van der Waals surface area contributed by atoms with Crippen molar-refractivity contribution in [2.45, 2.75) is 36.8 Å². The molecule has 0 unspecified atom stereocenters. The Labute approximate surface area is 140 Å². The van der Waals surface area contributed by atoms with E-state index in [0.29, 0.717) is 12.0 Å². The number of nitrogens with two attached hydrogens (primary N) is 2. The minimum Gasteiger partial charge on any atom is -0.497 e. The molecular formula is C19H22F2N2O. The molecule has 0 spiro atoms. The van der Waals surface area contributed by atoms with Crippen LogP contribution in [-0.2, 0) is 0 Å². The van der Waals surface area contributed by atoms with E-state index >= 15 is 0 Å². The maximum absolute atomic E-state index is 12.7. The summed E-state index contributed by atoms with van der Waals surface area (Å²) in [7, 11) is 1.68. The summed E-state index contributed by atoms with van der Waals surface area (Å²) < 4.78 is 30.2. The molecule has 0 saturated heterocycles. The Morgan fingerprint density at radius 3 is 1.79 bits per heavy atom.